The molecule has 0 aliphatic carbocycles. The summed E-state index contributed by atoms with van der Waals surface area (Å²) in [7, 11) is 3.43. The van der Waals surface area contributed by atoms with Gasteiger partial charge in [-0.3, -0.25) is 4.79 Å². The minimum absolute atomic E-state index is 0.0696. The summed E-state index contributed by atoms with van der Waals surface area (Å²) in [5.74, 6) is 7.44. The number of hydrazine groups is 1. The van der Waals surface area contributed by atoms with Crippen molar-refractivity contribution in [2.75, 3.05) is 31.0 Å². The van der Waals surface area contributed by atoms with E-state index in [9.17, 15) is 4.79 Å². The van der Waals surface area contributed by atoms with E-state index in [0.29, 0.717) is 5.82 Å². The molecule has 19 heavy (non-hydrogen) atoms. The molecule has 0 fully saturated rings. The zero-order chi connectivity index (χ0) is 14.4. The number of nitrogen functional groups attached to an aromatic ring is 1. The summed E-state index contributed by atoms with van der Waals surface area (Å²) in [4.78, 5) is 22.1. The van der Waals surface area contributed by atoms with E-state index in [2.05, 4.69) is 27.6 Å². The number of likely N-dealkylation sites (N-methyl/N-ethyl adjacent to an activating group) is 2. The number of hydrogen-bond donors (Lipinski definition) is 3. The minimum Gasteiger partial charge on any atom is -0.358 e. The fraction of sp³-hybridized carbons (Fsp3) is 0.583. The number of carbonyl (C=O) groups is 1. The summed E-state index contributed by atoms with van der Waals surface area (Å²) < 4.78 is 0. The third-order valence-electron chi connectivity index (χ3n) is 2.80. The van der Waals surface area contributed by atoms with Gasteiger partial charge in [0.25, 0.3) is 0 Å². The summed E-state index contributed by atoms with van der Waals surface area (Å²) in [6.07, 6.45) is 1.72. The topological polar surface area (TPSA) is 96.2 Å². The van der Waals surface area contributed by atoms with Crippen LogP contribution in [-0.2, 0) is 11.2 Å². The van der Waals surface area contributed by atoms with E-state index in [0.717, 1.165) is 30.0 Å². The van der Waals surface area contributed by atoms with Crippen LogP contribution in [0.5, 0.6) is 0 Å². The summed E-state index contributed by atoms with van der Waals surface area (Å²) in [5.41, 5.74) is 3.41. The van der Waals surface area contributed by atoms with Crippen LogP contribution in [0, 0.1) is 6.92 Å². The highest BCUT2D eigenvalue weighted by molar-refractivity contribution is 5.81. The van der Waals surface area contributed by atoms with Crippen molar-refractivity contribution < 1.29 is 4.79 Å². The Hall–Kier alpha value is -1.89. The van der Waals surface area contributed by atoms with Crippen molar-refractivity contribution in [3.05, 3.63) is 11.4 Å². The van der Waals surface area contributed by atoms with Crippen LogP contribution in [0.1, 0.15) is 24.7 Å². The second kappa shape index (κ2) is 6.89. The fourth-order valence-corrected chi connectivity index (χ4v) is 1.77. The molecule has 7 nitrogen and oxygen atoms in total. The van der Waals surface area contributed by atoms with Gasteiger partial charge in [-0.05, 0) is 13.3 Å². The molecule has 0 saturated carbocycles. The van der Waals surface area contributed by atoms with Crippen molar-refractivity contribution in [3.8, 4) is 0 Å². The Balaban J connectivity index is 3.09. The molecule has 0 aliphatic heterocycles. The molecular weight excluding hydrogens is 244 g/mol. The van der Waals surface area contributed by atoms with Crippen molar-refractivity contribution in [3.63, 3.8) is 0 Å². The first-order valence-electron chi connectivity index (χ1n) is 6.29. The lowest BCUT2D eigenvalue weighted by atomic mass is 10.2. The highest BCUT2D eigenvalue weighted by Gasteiger charge is 2.15. The number of nitrogens with zero attached hydrogens (tertiary/aromatic N) is 3. The van der Waals surface area contributed by atoms with Crippen molar-refractivity contribution >= 4 is 17.5 Å². The number of aromatic nitrogens is 2. The van der Waals surface area contributed by atoms with Gasteiger partial charge < -0.3 is 15.6 Å². The van der Waals surface area contributed by atoms with E-state index in [4.69, 9.17) is 5.84 Å². The lowest BCUT2D eigenvalue weighted by Gasteiger charge is -2.21. The third-order valence-corrected chi connectivity index (χ3v) is 2.80. The Kier molecular flexibility index (Phi) is 5.50. The van der Waals surface area contributed by atoms with Crippen LogP contribution in [0.2, 0.25) is 0 Å². The molecule has 4 N–H and O–H groups in total. The number of hydrogen-bond acceptors (Lipinski definition) is 6. The van der Waals surface area contributed by atoms with Crippen LogP contribution in [0.3, 0.4) is 0 Å². The van der Waals surface area contributed by atoms with Crippen LogP contribution in [0.4, 0.5) is 11.6 Å². The van der Waals surface area contributed by atoms with E-state index in [1.54, 1.807) is 11.9 Å². The number of nitrogens with one attached hydrogen (secondary N) is 2. The Bertz CT molecular complexity index is 448. The third kappa shape index (κ3) is 3.78. The summed E-state index contributed by atoms with van der Waals surface area (Å²) in [5, 5.41) is 2.59. The van der Waals surface area contributed by atoms with Gasteiger partial charge in [0.1, 0.15) is 17.5 Å². The van der Waals surface area contributed by atoms with Crippen LogP contribution in [0.15, 0.2) is 0 Å². The van der Waals surface area contributed by atoms with Gasteiger partial charge in [-0.15, -0.1) is 0 Å². The molecule has 1 heterocycles. The van der Waals surface area contributed by atoms with Gasteiger partial charge in [0, 0.05) is 26.1 Å². The smallest absolute Gasteiger partial charge is 0.239 e. The molecule has 0 atom stereocenters. The van der Waals surface area contributed by atoms with Gasteiger partial charge in [0.15, 0.2) is 0 Å². The summed E-state index contributed by atoms with van der Waals surface area (Å²) in [6.45, 7) is 4.18. The standard InChI is InChI=1S/C12H22N6O/c1-5-6-9-15-11(17-13)8(2)12(16-9)18(4)7-10(19)14-3/h5-7,13H2,1-4H3,(H,14,19)(H,15,16,17). The zero-order valence-electron chi connectivity index (χ0n) is 11.9. The van der Waals surface area contributed by atoms with E-state index in [1.807, 2.05) is 14.0 Å². The zero-order valence-corrected chi connectivity index (χ0v) is 11.9. The molecule has 1 amide bonds. The SMILES string of the molecule is CCCc1nc(NN)c(C)c(N(C)CC(=O)NC)n1. The molecule has 0 radical (unpaired) electrons. The summed E-state index contributed by atoms with van der Waals surface area (Å²) >= 11 is 0. The van der Waals surface area contributed by atoms with Crippen molar-refractivity contribution in [1.82, 2.24) is 15.3 Å². The first-order chi connectivity index (χ1) is 9.03. The maximum atomic E-state index is 11.4. The van der Waals surface area contributed by atoms with Crippen LogP contribution in [-0.4, -0.2) is 36.5 Å². The highest BCUT2D eigenvalue weighted by atomic mass is 16.1. The fourth-order valence-electron chi connectivity index (χ4n) is 1.77. The van der Waals surface area contributed by atoms with E-state index >= 15 is 0 Å². The van der Waals surface area contributed by atoms with Crippen LogP contribution < -0.4 is 21.5 Å². The van der Waals surface area contributed by atoms with Crippen molar-refractivity contribution in [2.24, 2.45) is 5.84 Å². The lowest BCUT2D eigenvalue weighted by Crippen LogP contribution is -2.34. The molecule has 0 saturated heterocycles. The lowest BCUT2D eigenvalue weighted by molar-refractivity contribution is -0.119. The Morgan fingerprint density at radius 2 is 2.11 bits per heavy atom. The molecule has 7 heteroatoms. The number of nitrogens with two attached hydrogens (primary N) is 1. The normalized spacial score (nSPS) is 10.2. The van der Waals surface area contributed by atoms with E-state index in [-0.39, 0.29) is 12.5 Å². The monoisotopic (exact) mass is 266 g/mol. The largest absolute Gasteiger partial charge is 0.358 e. The average Bonchev–Trinajstić information content (AvgIpc) is 2.40. The van der Waals surface area contributed by atoms with Gasteiger partial charge in [0.2, 0.25) is 5.91 Å². The Morgan fingerprint density at radius 1 is 1.42 bits per heavy atom. The first-order valence-corrected chi connectivity index (χ1v) is 6.29. The van der Waals surface area contributed by atoms with Gasteiger partial charge in [-0.2, -0.15) is 0 Å². The molecule has 1 aromatic rings. The molecule has 1 aromatic heterocycles. The highest BCUT2D eigenvalue weighted by Crippen LogP contribution is 2.22. The average molecular weight is 266 g/mol. The first kappa shape index (κ1) is 15.2. The Morgan fingerprint density at radius 3 is 2.63 bits per heavy atom. The molecular formula is C12H22N6O. The van der Waals surface area contributed by atoms with Gasteiger partial charge in [-0.1, -0.05) is 6.92 Å². The maximum absolute atomic E-state index is 11.4. The van der Waals surface area contributed by atoms with E-state index in [1.165, 1.54) is 0 Å². The van der Waals surface area contributed by atoms with Crippen LogP contribution >= 0.6 is 0 Å². The second-order valence-electron chi connectivity index (χ2n) is 4.36. The van der Waals surface area contributed by atoms with Gasteiger partial charge in [-0.25, -0.2) is 15.8 Å². The van der Waals surface area contributed by atoms with E-state index < -0.39 is 0 Å². The molecule has 0 aliphatic rings. The molecule has 0 bridgehead atoms. The number of anilines is 2. The Labute approximate surface area is 113 Å². The number of rotatable bonds is 6. The predicted molar refractivity (Wildman–Crippen MR) is 75.9 cm³/mol. The predicted octanol–water partition coefficient (Wildman–Crippen LogP) is 0.205. The van der Waals surface area contributed by atoms with Gasteiger partial charge >= 0.3 is 0 Å². The van der Waals surface area contributed by atoms with Crippen molar-refractivity contribution in [2.45, 2.75) is 26.7 Å². The summed E-state index contributed by atoms with van der Waals surface area (Å²) in [6, 6.07) is 0. The molecule has 1 rings (SSSR count). The molecule has 0 aromatic carbocycles. The van der Waals surface area contributed by atoms with Crippen LogP contribution in [0.25, 0.3) is 0 Å². The quantitative estimate of drug-likeness (QED) is 0.503. The molecule has 106 valence electrons. The second-order valence-corrected chi connectivity index (χ2v) is 4.36. The van der Waals surface area contributed by atoms with Crippen molar-refractivity contribution in [1.29, 1.82) is 0 Å². The van der Waals surface area contributed by atoms with Gasteiger partial charge in [0.05, 0.1) is 6.54 Å². The molecule has 0 spiro atoms. The number of carbonyl (C=O) groups excluding carboxylic acids is 1. The maximum Gasteiger partial charge on any atom is 0.239 e. The number of aryl methyl sites for hydroxylation is 1. The minimum atomic E-state index is -0.0696. The molecule has 0 unspecified atom stereocenters. The number of amides is 1.